The van der Waals surface area contributed by atoms with Crippen molar-refractivity contribution in [1.82, 2.24) is 10.2 Å². The van der Waals surface area contributed by atoms with Gasteiger partial charge in [0.2, 0.25) is 11.8 Å². The lowest BCUT2D eigenvalue weighted by Gasteiger charge is -1.84. The molecule has 1 heterocycles. The second kappa shape index (κ2) is 3.58. The predicted molar refractivity (Wildman–Crippen MR) is 36.8 cm³/mol. The summed E-state index contributed by atoms with van der Waals surface area (Å²) in [4.78, 5) is 2.59. The molecule has 6 nitrogen and oxygen atoms in total. The van der Waals surface area contributed by atoms with Gasteiger partial charge in [0, 0.05) is 24.8 Å². The van der Waals surface area contributed by atoms with E-state index < -0.39 is 0 Å². The minimum absolute atomic E-state index is 0.359. The molecular weight excluding hydrogens is 146 g/mol. The van der Waals surface area contributed by atoms with E-state index in [1.54, 1.807) is 6.92 Å². The molecular formula is C5H7N5O. The monoisotopic (exact) mass is 153 g/mol. The Balaban J connectivity index is 2.44. The molecule has 0 fully saturated rings. The summed E-state index contributed by atoms with van der Waals surface area (Å²) < 4.78 is 5.02. The molecule has 0 bridgehead atoms. The molecule has 1 aromatic rings. The standard InChI is InChI=1S/C5H7N5O/c1-4-8-9-5(11-4)2-3-7-10-6/h2-3H2,1H3. The number of aromatic nitrogens is 2. The van der Waals surface area contributed by atoms with Gasteiger partial charge in [-0.05, 0) is 5.53 Å². The predicted octanol–water partition coefficient (Wildman–Crippen LogP) is 1.23. The van der Waals surface area contributed by atoms with Gasteiger partial charge in [0.25, 0.3) is 0 Å². The first kappa shape index (κ1) is 7.56. The Kier molecular flexibility index (Phi) is 2.46. The summed E-state index contributed by atoms with van der Waals surface area (Å²) in [5.74, 6) is 1.04. The number of hydrogen-bond acceptors (Lipinski definition) is 4. The first-order valence-electron chi connectivity index (χ1n) is 3.13. The van der Waals surface area contributed by atoms with Crippen molar-refractivity contribution >= 4 is 0 Å². The van der Waals surface area contributed by atoms with Gasteiger partial charge in [0.15, 0.2) is 0 Å². The molecule has 0 saturated carbocycles. The molecule has 0 aliphatic heterocycles. The third kappa shape index (κ3) is 2.27. The Hall–Kier alpha value is -1.55. The van der Waals surface area contributed by atoms with Crippen molar-refractivity contribution in [1.29, 1.82) is 0 Å². The number of hydrogen-bond donors (Lipinski definition) is 0. The molecule has 6 heteroatoms. The fourth-order valence-electron chi connectivity index (χ4n) is 0.629. The first-order valence-corrected chi connectivity index (χ1v) is 3.13. The molecule has 0 unspecified atom stereocenters. The maximum Gasteiger partial charge on any atom is 0.216 e. The van der Waals surface area contributed by atoms with Crippen molar-refractivity contribution in [2.75, 3.05) is 6.54 Å². The van der Waals surface area contributed by atoms with E-state index in [-0.39, 0.29) is 0 Å². The van der Waals surface area contributed by atoms with Crippen LogP contribution in [0.5, 0.6) is 0 Å². The van der Waals surface area contributed by atoms with Crippen molar-refractivity contribution < 1.29 is 4.42 Å². The highest BCUT2D eigenvalue weighted by Crippen LogP contribution is 1.98. The van der Waals surface area contributed by atoms with Crippen LogP contribution in [-0.2, 0) is 6.42 Å². The van der Waals surface area contributed by atoms with Gasteiger partial charge < -0.3 is 4.42 Å². The molecule has 0 saturated heterocycles. The summed E-state index contributed by atoms with van der Waals surface area (Å²) in [6, 6.07) is 0. The van der Waals surface area contributed by atoms with Crippen LogP contribution < -0.4 is 0 Å². The van der Waals surface area contributed by atoms with Crippen LogP contribution in [0.3, 0.4) is 0 Å². The lowest BCUT2D eigenvalue weighted by Crippen LogP contribution is -1.87. The average molecular weight is 153 g/mol. The van der Waals surface area contributed by atoms with Gasteiger partial charge in [-0.1, -0.05) is 5.11 Å². The zero-order valence-electron chi connectivity index (χ0n) is 6.06. The third-order valence-electron chi connectivity index (χ3n) is 1.06. The molecule has 0 atom stereocenters. The molecule has 0 radical (unpaired) electrons. The molecule has 11 heavy (non-hydrogen) atoms. The quantitative estimate of drug-likeness (QED) is 0.371. The second-order valence-electron chi connectivity index (χ2n) is 1.92. The highest BCUT2D eigenvalue weighted by atomic mass is 16.4. The van der Waals surface area contributed by atoms with Crippen molar-refractivity contribution in [2.24, 2.45) is 5.11 Å². The number of aryl methyl sites for hydroxylation is 1. The van der Waals surface area contributed by atoms with E-state index in [9.17, 15) is 0 Å². The summed E-state index contributed by atoms with van der Waals surface area (Å²) in [5.41, 5.74) is 7.94. The molecule has 0 aliphatic rings. The third-order valence-corrected chi connectivity index (χ3v) is 1.06. The summed E-state index contributed by atoms with van der Waals surface area (Å²) >= 11 is 0. The fraction of sp³-hybridized carbons (Fsp3) is 0.600. The van der Waals surface area contributed by atoms with Crippen LogP contribution in [0, 0.1) is 6.92 Å². The Morgan fingerprint density at radius 1 is 1.64 bits per heavy atom. The SMILES string of the molecule is Cc1nnc(CCN=[N+]=[N-])o1. The van der Waals surface area contributed by atoms with E-state index in [0.717, 1.165) is 0 Å². The van der Waals surface area contributed by atoms with Crippen LogP contribution in [0.4, 0.5) is 0 Å². The summed E-state index contributed by atoms with van der Waals surface area (Å²) in [5, 5.41) is 10.7. The molecule has 0 aliphatic carbocycles. The maximum atomic E-state index is 7.94. The Morgan fingerprint density at radius 2 is 2.45 bits per heavy atom. The lowest BCUT2D eigenvalue weighted by molar-refractivity contribution is 0.468. The molecule has 0 spiro atoms. The minimum atomic E-state index is 0.359. The van der Waals surface area contributed by atoms with Crippen molar-refractivity contribution in [3.8, 4) is 0 Å². The van der Waals surface area contributed by atoms with E-state index in [1.165, 1.54) is 0 Å². The van der Waals surface area contributed by atoms with Crippen LogP contribution in [-0.4, -0.2) is 16.7 Å². The van der Waals surface area contributed by atoms with E-state index in [1.807, 2.05) is 0 Å². The van der Waals surface area contributed by atoms with Crippen molar-refractivity contribution in [2.45, 2.75) is 13.3 Å². The van der Waals surface area contributed by atoms with Gasteiger partial charge in [0.1, 0.15) is 0 Å². The maximum absolute atomic E-state index is 7.94. The Bertz CT molecular complexity index is 274. The van der Waals surface area contributed by atoms with Crippen molar-refractivity contribution in [3.05, 3.63) is 22.2 Å². The van der Waals surface area contributed by atoms with Gasteiger partial charge >= 0.3 is 0 Å². The van der Waals surface area contributed by atoms with E-state index in [2.05, 4.69) is 20.2 Å². The van der Waals surface area contributed by atoms with Crippen molar-refractivity contribution in [3.63, 3.8) is 0 Å². The second-order valence-corrected chi connectivity index (χ2v) is 1.92. The van der Waals surface area contributed by atoms with E-state index >= 15 is 0 Å². The highest BCUT2D eigenvalue weighted by molar-refractivity contribution is 4.79. The zero-order chi connectivity index (χ0) is 8.10. The summed E-state index contributed by atoms with van der Waals surface area (Å²) in [6.07, 6.45) is 0.505. The molecule has 0 aromatic carbocycles. The van der Waals surface area contributed by atoms with Gasteiger partial charge in [-0.2, -0.15) is 0 Å². The van der Waals surface area contributed by atoms with Gasteiger partial charge in [-0.25, -0.2) is 0 Å². The van der Waals surface area contributed by atoms with E-state index in [0.29, 0.717) is 24.7 Å². The summed E-state index contributed by atoms with van der Waals surface area (Å²) in [7, 11) is 0. The normalized spacial score (nSPS) is 9.18. The molecule has 58 valence electrons. The van der Waals surface area contributed by atoms with Gasteiger partial charge in [0.05, 0.1) is 0 Å². The molecule has 1 rings (SSSR count). The average Bonchev–Trinajstić information content (AvgIpc) is 2.37. The summed E-state index contributed by atoms with van der Waals surface area (Å²) in [6.45, 7) is 2.07. The topological polar surface area (TPSA) is 87.7 Å². The Labute approximate surface area is 62.9 Å². The van der Waals surface area contributed by atoms with Crippen LogP contribution in [0.1, 0.15) is 11.8 Å². The van der Waals surface area contributed by atoms with Crippen LogP contribution in [0.15, 0.2) is 9.53 Å². The highest BCUT2D eigenvalue weighted by Gasteiger charge is 1.99. The molecule has 0 N–H and O–H groups in total. The van der Waals surface area contributed by atoms with Gasteiger partial charge in [-0.3, -0.25) is 0 Å². The number of rotatable bonds is 3. The zero-order valence-corrected chi connectivity index (χ0v) is 6.06. The largest absolute Gasteiger partial charge is 0.426 e. The number of nitrogens with zero attached hydrogens (tertiary/aromatic N) is 5. The van der Waals surface area contributed by atoms with Crippen LogP contribution in [0.25, 0.3) is 10.4 Å². The van der Waals surface area contributed by atoms with E-state index in [4.69, 9.17) is 9.95 Å². The smallest absolute Gasteiger partial charge is 0.216 e. The lowest BCUT2D eigenvalue weighted by atomic mass is 10.4. The fourth-order valence-corrected chi connectivity index (χ4v) is 0.629. The van der Waals surface area contributed by atoms with Gasteiger partial charge in [-0.15, -0.1) is 10.2 Å². The molecule has 0 amide bonds. The minimum Gasteiger partial charge on any atom is -0.426 e. The van der Waals surface area contributed by atoms with Crippen LogP contribution in [0.2, 0.25) is 0 Å². The Morgan fingerprint density at radius 3 is 3.00 bits per heavy atom. The number of azide groups is 1. The molecule has 1 aromatic heterocycles. The van der Waals surface area contributed by atoms with Crippen LogP contribution >= 0.6 is 0 Å². The first-order chi connectivity index (χ1) is 5.33.